The summed E-state index contributed by atoms with van der Waals surface area (Å²) in [6.45, 7) is 4.88. The molecule has 0 rings (SSSR count). The molecule has 70 heavy (non-hydrogen) atoms. The number of unbranched alkanes of at least 4 members (excludes halogenated alkanes) is 43. The molecule has 3 N–H and O–H groups in total. The third-order valence-electron chi connectivity index (χ3n) is 14.4. The molecule has 0 aliphatic rings. The minimum Gasteiger partial charge on any atom is -0.466 e. The van der Waals surface area contributed by atoms with Crippen LogP contribution in [0.4, 0.5) is 0 Å². The molecule has 0 spiro atoms. The van der Waals surface area contributed by atoms with Gasteiger partial charge < -0.3 is 20.3 Å². The van der Waals surface area contributed by atoms with Gasteiger partial charge in [-0.05, 0) is 64.2 Å². The van der Waals surface area contributed by atoms with E-state index in [-0.39, 0.29) is 18.5 Å². The number of hydrogen-bond acceptors (Lipinski definition) is 5. The minimum atomic E-state index is -0.840. The Morgan fingerprint density at radius 3 is 1.09 bits per heavy atom. The average molecular weight is 985 g/mol. The van der Waals surface area contributed by atoms with Crippen LogP contribution in [0.5, 0.6) is 0 Å². The van der Waals surface area contributed by atoms with Crippen LogP contribution in [0, 0.1) is 0 Å². The van der Waals surface area contributed by atoms with E-state index < -0.39 is 12.1 Å². The number of rotatable bonds is 58. The number of aliphatic hydroxyl groups excluding tert-OH is 2. The lowest BCUT2D eigenvalue weighted by atomic mass is 10.0. The van der Waals surface area contributed by atoms with Crippen molar-refractivity contribution in [2.75, 3.05) is 13.2 Å². The molecule has 0 aromatic rings. The third kappa shape index (κ3) is 55.4. The number of hydrogen-bond donors (Lipinski definition) is 3. The molecule has 0 aliphatic carbocycles. The molecule has 0 aliphatic heterocycles. The molecule has 2 unspecified atom stereocenters. The number of carbonyl (C=O) groups is 2. The summed E-state index contributed by atoms with van der Waals surface area (Å²) in [7, 11) is 0. The summed E-state index contributed by atoms with van der Waals surface area (Å²) >= 11 is 0. The molecule has 412 valence electrons. The zero-order valence-corrected chi connectivity index (χ0v) is 47.0. The van der Waals surface area contributed by atoms with Crippen LogP contribution >= 0.6 is 0 Å². The molecule has 0 heterocycles. The maximum atomic E-state index is 12.4. The van der Waals surface area contributed by atoms with E-state index in [9.17, 15) is 19.8 Å². The van der Waals surface area contributed by atoms with Crippen molar-refractivity contribution in [3.63, 3.8) is 0 Å². The van der Waals surface area contributed by atoms with Crippen molar-refractivity contribution in [1.82, 2.24) is 5.32 Å². The van der Waals surface area contributed by atoms with Crippen LogP contribution in [0.15, 0.2) is 36.5 Å². The fraction of sp³-hybridized carbons (Fsp3) is 0.875. The highest BCUT2D eigenvalue weighted by Gasteiger charge is 2.18. The van der Waals surface area contributed by atoms with Gasteiger partial charge in [0.15, 0.2) is 0 Å². The molecule has 6 heteroatoms. The zero-order valence-electron chi connectivity index (χ0n) is 47.0. The Hall–Kier alpha value is -1.92. The van der Waals surface area contributed by atoms with Gasteiger partial charge in [0.1, 0.15) is 0 Å². The van der Waals surface area contributed by atoms with E-state index in [2.05, 4.69) is 43.5 Å². The number of ether oxygens (including phenoxy) is 1. The normalized spacial score (nSPS) is 12.8. The first-order chi connectivity index (χ1) is 34.5. The molecule has 0 radical (unpaired) electrons. The lowest BCUT2D eigenvalue weighted by Crippen LogP contribution is -2.45. The van der Waals surface area contributed by atoms with Gasteiger partial charge in [-0.2, -0.15) is 0 Å². The highest BCUT2D eigenvalue weighted by molar-refractivity contribution is 5.76. The molecule has 6 nitrogen and oxygen atoms in total. The standard InChI is InChI=1S/C64H121NO5/c1-3-5-7-9-11-13-37-42-46-50-54-58-64(69)70-59-55-51-47-43-39-36-34-32-30-28-26-24-22-20-18-16-14-15-17-19-21-23-25-27-29-31-33-35-38-41-45-49-53-57-63(68)65-61(60-66)62(67)56-52-48-44-40-12-10-8-6-4-2/h18,20,24,26,52,56,61-62,66-67H,3-17,19,21-23,25,27-51,53-55,57-60H2,1-2H3,(H,65,68)/b20-18-,26-24-,56-52+. The Morgan fingerprint density at radius 1 is 0.400 bits per heavy atom. The lowest BCUT2D eigenvalue weighted by Gasteiger charge is -2.20. The molecule has 1 amide bonds. The molecule has 0 bridgehead atoms. The van der Waals surface area contributed by atoms with Crippen molar-refractivity contribution < 1.29 is 24.5 Å². The van der Waals surface area contributed by atoms with Crippen LogP contribution in [0.1, 0.15) is 335 Å². The van der Waals surface area contributed by atoms with Gasteiger partial charge in [0.05, 0.1) is 25.4 Å². The van der Waals surface area contributed by atoms with Gasteiger partial charge >= 0.3 is 5.97 Å². The maximum Gasteiger partial charge on any atom is 0.305 e. The van der Waals surface area contributed by atoms with Gasteiger partial charge in [0.2, 0.25) is 5.91 Å². The van der Waals surface area contributed by atoms with Gasteiger partial charge in [-0.25, -0.2) is 0 Å². The van der Waals surface area contributed by atoms with E-state index >= 15 is 0 Å². The van der Waals surface area contributed by atoms with Crippen molar-refractivity contribution >= 4 is 11.9 Å². The van der Waals surface area contributed by atoms with Gasteiger partial charge in [0, 0.05) is 12.8 Å². The lowest BCUT2D eigenvalue weighted by molar-refractivity contribution is -0.143. The highest BCUT2D eigenvalue weighted by Crippen LogP contribution is 2.17. The second kappa shape index (κ2) is 59.6. The first-order valence-electron chi connectivity index (χ1n) is 31.3. The Morgan fingerprint density at radius 2 is 0.714 bits per heavy atom. The average Bonchev–Trinajstić information content (AvgIpc) is 3.36. The molecule has 0 fully saturated rings. The van der Waals surface area contributed by atoms with E-state index in [1.807, 2.05) is 6.08 Å². The van der Waals surface area contributed by atoms with E-state index in [1.54, 1.807) is 6.08 Å². The summed E-state index contributed by atoms with van der Waals surface area (Å²) < 4.78 is 5.46. The maximum absolute atomic E-state index is 12.4. The summed E-state index contributed by atoms with van der Waals surface area (Å²) in [5, 5.41) is 22.9. The van der Waals surface area contributed by atoms with Crippen LogP contribution in [0.3, 0.4) is 0 Å². The molecular formula is C64H121NO5. The summed E-state index contributed by atoms with van der Waals surface area (Å²) in [6.07, 6.45) is 75.0. The van der Waals surface area contributed by atoms with E-state index in [1.165, 1.54) is 263 Å². The number of esters is 1. The van der Waals surface area contributed by atoms with E-state index in [4.69, 9.17) is 4.74 Å². The summed E-state index contributed by atoms with van der Waals surface area (Å²) in [6, 6.07) is -0.624. The molecule has 2 atom stereocenters. The second-order valence-corrected chi connectivity index (χ2v) is 21.4. The van der Waals surface area contributed by atoms with Gasteiger partial charge in [0.25, 0.3) is 0 Å². The minimum absolute atomic E-state index is 0.0134. The predicted octanol–water partition coefficient (Wildman–Crippen LogP) is 19.6. The summed E-state index contributed by atoms with van der Waals surface area (Å²) in [5.41, 5.74) is 0. The third-order valence-corrected chi connectivity index (χ3v) is 14.4. The monoisotopic (exact) mass is 984 g/mol. The van der Waals surface area contributed by atoms with Crippen molar-refractivity contribution in [2.24, 2.45) is 0 Å². The second-order valence-electron chi connectivity index (χ2n) is 21.4. The molecule has 0 aromatic carbocycles. The van der Waals surface area contributed by atoms with Crippen molar-refractivity contribution in [3.8, 4) is 0 Å². The Balaban J connectivity index is 3.37. The van der Waals surface area contributed by atoms with Crippen molar-refractivity contribution in [2.45, 2.75) is 347 Å². The Labute approximate surface area is 436 Å². The smallest absolute Gasteiger partial charge is 0.305 e. The SMILES string of the molecule is CCCCCCCCC/C=C/C(O)C(CO)NC(=O)CCCCCCCCCCCCCCCCCCC/C=C\C/C=C\CCCCCCCCCCCOC(=O)CCCCCCCCCCCCC. The fourth-order valence-electron chi connectivity index (χ4n) is 9.61. The number of amides is 1. The Kier molecular flexibility index (Phi) is 58.0. The van der Waals surface area contributed by atoms with Gasteiger partial charge in [-0.3, -0.25) is 9.59 Å². The van der Waals surface area contributed by atoms with Crippen LogP contribution < -0.4 is 5.32 Å². The van der Waals surface area contributed by atoms with Crippen LogP contribution in [0.2, 0.25) is 0 Å². The largest absolute Gasteiger partial charge is 0.466 e. The van der Waals surface area contributed by atoms with Crippen LogP contribution in [-0.4, -0.2) is 47.4 Å². The van der Waals surface area contributed by atoms with Crippen molar-refractivity contribution in [1.29, 1.82) is 0 Å². The topological polar surface area (TPSA) is 95.9 Å². The first kappa shape index (κ1) is 68.1. The van der Waals surface area contributed by atoms with Gasteiger partial charge in [-0.1, -0.05) is 294 Å². The first-order valence-corrected chi connectivity index (χ1v) is 31.3. The number of carbonyl (C=O) groups excluding carboxylic acids is 2. The summed E-state index contributed by atoms with van der Waals surface area (Å²) in [5.74, 6) is -0.0548. The number of aliphatic hydroxyl groups is 2. The van der Waals surface area contributed by atoms with Gasteiger partial charge in [-0.15, -0.1) is 0 Å². The predicted molar refractivity (Wildman–Crippen MR) is 306 cm³/mol. The number of nitrogens with one attached hydrogen (secondary N) is 1. The van der Waals surface area contributed by atoms with E-state index in [0.717, 1.165) is 44.9 Å². The number of allylic oxidation sites excluding steroid dienone is 5. The quantitative estimate of drug-likeness (QED) is 0.0321. The molecule has 0 saturated carbocycles. The van der Waals surface area contributed by atoms with Crippen molar-refractivity contribution in [3.05, 3.63) is 36.5 Å². The summed E-state index contributed by atoms with van der Waals surface area (Å²) in [4.78, 5) is 24.4. The Bertz CT molecular complexity index is 1130. The van der Waals surface area contributed by atoms with E-state index in [0.29, 0.717) is 19.4 Å². The van der Waals surface area contributed by atoms with Crippen LogP contribution in [-0.2, 0) is 14.3 Å². The zero-order chi connectivity index (χ0) is 50.7. The fourth-order valence-corrected chi connectivity index (χ4v) is 9.61. The van der Waals surface area contributed by atoms with Crippen LogP contribution in [0.25, 0.3) is 0 Å². The highest BCUT2D eigenvalue weighted by atomic mass is 16.5. The molecule has 0 saturated heterocycles. The molecule has 0 aromatic heterocycles. The molecular weight excluding hydrogens is 863 g/mol.